The number of fused-ring (bicyclic) bond motifs is 1. The minimum Gasteiger partial charge on any atom is -0.335 e. The standard InChI is InChI=1S/C17H13Cl2FN2O3S3/c18-13-3-4-14(27-13)28(24,25)22-7-5-21(6-8-22)17(23)16-15(19)11-2-1-10(20)9-12(11)26-16/h1-4,9H,5-8H2. The molecule has 0 atom stereocenters. The van der Waals surface area contributed by atoms with Crippen LogP contribution in [0.5, 0.6) is 0 Å². The van der Waals surface area contributed by atoms with E-state index in [2.05, 4.69) is 0 Å². The summed E-state index contributed by atoms with van der Waals surface area (Å²) in [6.07, 6.45) is 0. The van der Waals surface area contributed by atoms with Gasteiger partial charge in [0.25, 0.3) is 15.9 Å². The molecule has 2 aromatic heterocycles. The second kappa shape index (κ2) is 7.55. The number of benzene rings is 1. The molecule has 1 aliphatic heterocycles. The Morgan fingerprint density at radius 2 is 1.75 bits per heavy atom. The van der Waals surface area contributed by atoms with Gasteiger partial charge in [0.2, 0.25) is 0 Å². The highest BCUT2D eigenvalue weighted by Crippen LogP contribution is 2.37. The van der Waals surface area contributed by atoms with Crippen molar-refractivity contribution < 1.29 is 17.6 Å². The Labute approximate surface area is 178 Å². The fourth-order valence-electron chi connectivity index (χ4n) is 3.02. The zero-order valence-electron chi connectivity index (χ0n) is 14.2. The molecule has 0 radical (unpaired) electrons. The number of sulfonamides is 1. The number of hydrogen-bond acceptors (Lipinski definition) is 5. The summed E-state index contributed by atoms with van der Waals surface area (Å²) in [7, 11) is -3.62. The van der Waals surface area contributed by atoms with Gasteiger partial charge in [0, 0.05) is 36.3 Å². The molecule has 148 valence electrons. The molecule has 0 bridgehead atoms. The number of piperazine rings is 1. The summed E-state index contributed by atoms with van der Waals surface area (Å²) in [5.41, 5.74) is 0. The van der Waals surface area contributed by atoms with E-state index in [1.165, 1.54) is 22.5 Å². The van der Waals surface area contributed by atoms with E-state index in [0.29, 0.717) is 24.3 Å². The highest BCUT2D eigenvalue weighted by molar-refractivity contribution is 7.91. The molecule has 0 spiro atoms. The molecule has 4 rings (SSSR count). The number of amides is 1. The summed E-state index contributed by atoms with van der Waals surface area (Å²) in [6, 6.07) is 7.23. The van der Waals surface area contributed by atoms with E-state index in [-0.39, 0.29) is 36.3 Å². The Hall–Kier alpha value is -1.23. The predicted molar refractivity (Wildman–Crippen MR) is 111 cm³/mol. The maximum Gasteiger partial charge on any atom is 0.265 e. The van der Waals surface area contributed by atoms with Crippen molar-refractivity contribution in [2.45, 2.75) is 4.21 Å². The van der Waals surface area contributed by atoms with Crippen molar-refractivity contribution in [3.63, 3.8) is 0 Å². The summed E-state index contributed by atoms with van der Waals surface area (Å²) < 4.78 is 41.3. The summed E-state index contributed by atoms with van der Waals surface area (Å²) >= 11 is 14.3. The largest absolute Gasteiger partial charge is 0.335 e. The van der Waals surface area contributed by atoms with E-state index in [9.17, 15) is 17.6 Å². The van der Waals surface area contributed by atoms with E-state index in [1.807, 2.05) is 0 Å². The van der Waals surface area contributed by atoms with Crippen LogP contribution in [-0.2, 0) is 10.0 Å². The number of halogens is 3. The number of rotatable bonds is 3. The van der Waals surface area contributed by atoms with Crippen LogP contribution in [0.2, 0.25) is 9.36 Å². The molecule has 0 saturated carbocycles. The van der Waals surface area contributed by atoms with Crippen molar-refractivity contribution >= 4 is 71.9 Å². The van der Waals surface area contributed by atoms with Crippen LogP contribution >= 0.6 is 45.9 Å². The molecular weight excluding hydrogens is 466 g/mol. The molecule has 1 aliphatic rings. The van der Waals surface area contributed by atoms with Crippen LogP contribution in [-0.4, -0.2) is 49.7 Å². The van der Waals surface area contributed by atoms with Gasteiger partial charge in [-0.2, -0.15) is 4.31 Å². The third-order valence-corrected chi connectivity index (χ3v) is 9.70. The molecule has 1 amide bonds. The Morgan fingerprint density at radius 1 is 1.04 bits per heavy atom. The number of hydrogen-bond donors (Lipinski definition) is 0. The lowest BCUT2D eigenvalue weighted by Crippen LogP contribution is -2.50. The first kappa shape index (κ1) is 20.1. The topological polar surface area (TPSA) is 57.7 Å². The lowest BCUT2D eigenvalue weighted by Gasteiger charge is -2.33. The molecule has 0 aliphatic carbocycles. The van der Waals surface area contributed by atoms with E-state index in [0.717, 1.165) is 22.7 Å². The fraction of sp³-hybridized carbons (Fsp3) is 0.235. The Bertz CT molecular complexity index is 1170. The van der Waals surface area contributed by atoms with Gasteiger partial charge < -0.3 is 4.90 Å². The minimum atomic E-state index is -3.62. The van der Waals surface area contributed by atoms with Gasteiger partial charge >= 0.3 is 0 Å². The molecule has 0 N–H and O–H groups in total. The van der Waals surface area contributed by atoms with Crippen LogP contribution in [0.3, 0.4) is 0 Å². The highest BCUT2D eigenvalue weighted by Gasteiger charge is 2.32. The van der Waals surface area contributed by atoms with Gasteiger partial charge in [0.15, 0.2) is 0 Å². The normalized spacial score (nSPS) is 16.0. The highest BCUT2D eigenvalue weighted by atomic mass is 35.5. The summed E-state index contributed by atoms with van der Waals surface area (Å²) in [5.74, 6) is -0.667. The van der Waals surface area contributed by atoms with Crippen molar-refractivity contribution in [2.24, 2.45) is 0 Å². The van der Waals surface area contributed by atoms with Crippen LogP contribution < -0.4 is 0 Å². The average molecular weight is 479 g/mol. The van der Waals surface area contributed by atoms with Gasteiger partial charge in [-0.3, -0.25) is 4.79 Å². The van der Waals surface area contributed by atoms with Gasteiger partial charge in [-0.25, -0.2) is 12.8 Å². The first-order chi connectivity index (χ1) is 13.3. The Balaban J connectivity index is 1.51. The number of thiophene rings is 2. The third kappa shape index (κ3) is 3.55. The average Bonchev–Trinajstić information content (AvgIpc) is 3.25. The van der Waals surface area contributed by atoms with Gasteiger partial charge in [-0.1, -0.05) is 23.2 Å². The van der Waals surface area contributed by atoms with Crippen LogP contribution in [0, 0.1) is 5.82 Å². The molecule has 28 heavy (non-hydrogen) atoms. The van der Waals surface area contributed by atoms with E-state index < -0.39 is 15.8 Å². The quantitative estimate of drug-likeness (QED) is 0.554. The second-order valence-corrected chi connectivity index (χ2v) is 11.5. The van der Waals surface area contributed by atoms with Crippen molar-refractivity contribution in [2.75, 3.05) is 26.2 Å². The zero-order chi connectivity index (χ0) is 20.1. The van der Waals surface area contributed by atoms with E-state index in [1.54, 1.807) is 17.0 Å². The van der Waals surface area contributed by atoms with Crippen LogP contribution in [0.15, 0.2) is 34.5 Å². The SMILES string of the molecule is O=C(c1sc2cc(F)ccc2c1Cl)N1CCN(S(=O)(=O)c2ccc(Cl)s2)CC1. The summed E-state index contributed by atoms with van der Waals surface area (Å²) in [6.45, 7) is 0.855. The molecule has 11 heteroatoms. The van der Waals surface area contributed by atoms with Gasteiger partial charge in [-0.15, -0.1) is 22.7 Å². The zero-order valence-corrected chi connectivity index (χ0v) is 18.2. The Kier molecular flexibility index (Phi) is 5.41. The fourth-order valence-corrected chi connectivity index (χ4v) is 7.58. The van der Waals surface area contributed by atoms with Gasteiger partial charge in [0.05, 0.1) is 9.36 Å². The smallest absolute Gasteiger partial charge is 0.265 e. The van der Waals surface area contributed by atoms with Crippen LogP contribution in [0.4, 0.5) is 4.39 Å². The van der Waals surface area contributed by atoms with Crippen molar-refractivity contribution in [3.8, 4) is 0 Å². The van der Waals surface area contributed by atoms with E-state index in [4.69, 9.17) is 23.2 Å². The maximum atomic E-state index is 13.4. The molecule has 5 nitrogen and oxygen atoms in total. The van der Waals surface area contributed by atoms with Gasteiger partial charge in [0.1, 0.15) is 14.9 Å². The summed E-state index contributed by atoms with van der Waals surface area (Å²) in [4.78, 5) is 14.8. The molecule has 3 heterocycles. The number of carbonyl (C=O) groups is 1. The Morgan fingerprint density at radius 3 is 2.39 bits per heavy atom. The second-order valence-electron chi connectivity index (χ2n) is 6.14. The van der Waals surface area contributed by atoms with Crippen molar-refractivity contribution in [1.82, 2.24) is 9.21 Å². The minimum absolute atomic E-state index is 0.181. The van der Waals surface area contributed by atoms with Crippen molar-refractivity contribution in [1.29, 1.82) is 0 Å². The molecule has 3 aromatic rings. The molecule has 1 fully saturated rings. The first-order valence-corrected chi connectivity index (χ1v) is 12.0. The lowest BCUT2D eigenvalue weighted by atomic mass is 10.2. The molecule has 0 unspecified atom stereocenters. The molecule has 1 saturated heterocycles. The third-order valence-electron chi connectivity index (χ3n) is 4.45. The van der Waals surface area contributed by atoms with Crippen LogP contribution in [0.1, 0.15) is 9.67 Å². The molecular formula is C17H13Cl2FN2O3S3. The van der Waals surface area contributed by atoms with Crippen LogP contribution in [0.25, 0.3) is 10.1 Å². The number of nitrogens with zero attached hydrogens (tertiary/aromatic N) is 2. The lowest BCUT2D eigenvalue weighted by molar-refractivity contribution is 0.0703. The van der Waals surface area contributed by atoms with Crippen molar-refractivity contribution in [3.05, 3.63) is 50.4 Å². The maximum absolute atomic E-state index is 13.4. The van der Waals surface area contributed by atoms with Gasteiger partial charge in [-0.05, 0) is 30.3 Å². The number of carbonyl (C=O) groups excluding carboxylic acids is 1. The monoisotopic (exact) mass is 478 g/mol. The molecule has 1 aromatic carbocycles. The van der Waals surface area contributed by atoms with E-state index >= 15 is 0 Å². The predicted octanol–water partition coefficient (Wildman–Crippen LogP) is 4.56. The summed E-state index contributed by atoms with van der Waals surface area (Å²) in [5, 5.41) is 0.931. The first-order valence-electron chi connectivity index (χ1n) is 8.19.